The smallest absolute Gasteiger partial charge is 0.00978 e. The van der Waals surface area contributed by atoms with Gasteiger partial charge in [0.15, 0.2) is 0 Å². The van der Waals surface area contributed by atoms with E-state index in [2.05, 4.69) is 12.6 Å². The number of hydrogen-bond acceptors (Lipinski definition) is 1. The normalized spacial score (nSPS) is 8.40. The Balaban J connectivity index is 2.19. The van der Waals surface area contributed by atoms with Gasteiger partial charge in [-0.05, 0) is 25.5 Å². The maximum Gasteiger partial charge on any atom is -0.00978 e. The van der Waals surface area contributed by atoms with Crippen LogP contribution in [-0.2, 0) is 0 Å². The van der Waals surface area contributed by atoms with Crippen LogP contribution in [0.5, 0.6) is 0 Å². The van der Waals surface area contributed by atoms with Crippen molar-refractivity contribution in [2.75, 3.05) is 5.75 Å². The number of thiol groups is 1. The molecule has 0 aromatic rings. The maximum absolute atomic E-state index is 5.09. The van der Waals surface area contributed by atoms with Crippen LogP contribution in [0.25, 0.3) is 0 Å². The van der Waals surface area contributed by atoms with E-state index < -0.39 is 0 Å². The van der Waals surface area contributed by atoms with Crippen LogP contribution in [0.3, 0.4) is 0 Å². The Labute approximate surface area is 39.0 Å². The van der Waals surface area contributed by atoms with E-state index in [1.54, 1.807) is 0 Å². The summed E-state index contributed by atoms with van der Waals surface area (Å²) in [6.07, 6.45) is 1.80. The molecule has 0 N–H and O–H groups in total. The molecule has 0 nitrogen and oxygen atoms in total. The predicted octanol–water partition coefficient (Wildman–Crippen LogP) is 1.41. The van der Waals surface area contributed by atoms with Crippen LogP contribution < -0.4 is 0 Å². The third-order valence-electron chi connectivity index (χ3n) is 0.362. The average Bonchev–Trinajstić information content (AvgIpc) is 1.41. The molecule has 5 heavy (non-hydrogen) atoms. The molecule has 0 amide bonds. The van der Waals surface area contributed by atoms with Crippen molar-refractivity contribution in [3.63, 3.8) is 0 Å². The Bertz CT molecular complexity index is 11.1. The van der Waals surface area contributed by atoms with E-state index in [0.717, 1.165) is 18.6 Å². The Hall–Kier alpha value is 0.350. The zero-order valence-electron chi connectivity index (χ0n) is 3.15. The Morgan fingerprint density at radius 1 is 1.60 bits per heavy atom. The molecule has 1 heteroatoms. The third kappa shape index (κ3) is 4.35. The van der Waals surface area contributed by atoms with Crippen LogP contribution in [0.2, 0.25) is 0 Å². The van der Waals surface area contributed by atoms with Crippen molar-refractivity contribution in [3.8, 4) is 0 Å². The highest BCUT2D eigenvalue weighted by Gasteiger charge is 1.69. The molecule has 0 saturated heterocycles. The summed E-state index contributed by atoms with van der Waals surface area (Å²) in [6.45, 7) is 5.09. The summed E-state index contributed by atoms with van der Waals surface area (Å²) < 4.78 is 0. The molecule has 30 valence electrons. The van der Waals surface area contributed by atoms with Gasteiger partial charge in [-0.25, -0.2) is 0 Å². The van der Waals surface area contributed by atoms with Crippen molar-refractivity contribution in [2.45, 2.75) is 12.8 Å². The number of rotatable bonds is 2. The SMILES string of the molecule is [CH]CCCS. The molecule has 0 aromatic heterocycles. The lowest BCUT2D eigenvalue weighted by Gasteiger charge is -1.78. The molecule has 0 unspecified atom stereocenters. The van der Waals surface area contributed by atoms with Crippen LogP contribution in [0.15, 0.2) is 0 Å². The van der Waals surface area contributed by atoms with Gasteiger partial charge in [0.05, 0.1) is 0 Å². The van der Waals surface area contributed by atoms with Gasteiger partial charge in [0.1, 0.15) is 0 Å². The molecule has 0 fully saturated rings. The van der Waals surface area contributed by atoms with Crippen molar-refractivity contribution >= 4 is 12.6 Å². The van der Waals surface area contributed by atoms with Gasteiger partial charge in [0.25, 0.3) is 0 Å². The number of hydrogen-bond donors (Lipinski definition) is 1. The number of unbranched alkanes of at least 4 members (excludes halogenated alkanes) is 1. The standard InChI is InChI=1S/C4H8S/c1-2-3-4-5/h1,5H,2-4H2. The molecule has 0 rings (SSSR count). The van der Waals surface area contributed by atoms with Gasteiger partial charge < -0.3 is 0 Å². The zero-order valence-corrected chi connectivity index (χ0v) is 4.04. The first-order chi connectivity index (χ1) is 2.41. The zero-order chi connectivity index (χ0) is 4.12. The minimum absolute atomic E-state index is 0.767. The van der Waals surface area contributed by atoms with Gasteiger partial charge in [0.2, 0.25) is 0 Å². The molecule has 0 aliphatic rings. The minimum Gasteiger partial charge on any atom is -0.179 e. The fourth-order valence-corrected chi connectivity index (χ4v) is 0.274. The Morgan fingerprint density at radius 2 is 2.20 bits per heavy atom. The molecule has 0 spiro atoms. The van der Waals surface area contributed by atoms with E-state index in [1.807, 2.05) is 0 Å². The van der Waals surface area contributed by atoms with Gasteiger partial charge in [-0.1, -0.05) is 0 Å². The summed E-state index contributed by atoms with van der Waals surface area (Å²) in [6, 6.07) is 0. The van der Waals surface area contributed by atoms with Crippen LogP contribution in [0.1, 0.15) is 12.8 Å². The monoisotopic (exact) mass is 88.0 g/mol. The van der Waals surface area contributed by atoms with E-state index in [4.69, 9.17) is 6.92 Å². The lowest BCUT2D eigenvalue weighted by atomic mass is 10.4. The molecule has 0 atom stereocenters. The maximum atomic E-state index is 5.09. The summed E-state index contributed by atoms with van der Waals surface area (Å²) in [7, 11) is 0. The fourth-order valence-electron chi connectivity index (χ4n) is 0.0913. The first kappa shape index (κ1) is 5.35. The van der Waals surface area contributed by atoms with Crippen molar-refractivity contribution in [3.05, 3.63) is 6.92 Å². The first-order valence-corrected chi connectivity index (χ1v) is 2.36. The highest BCUT2D eigenvalue weighted by atomic mass is 32.1. The molecule has 0 aromatic carbocycles. The molecule has 2 radical (unpaired) electrons. The van der Waals surface area contributed by atoms with Crippen LogP contribution >= 0.6 is 12.6 Å². The lowest BCUT2D eigenvalue weighted by molar-refractivity contribution is 0.973. The summed E-state index contributed by atoms with van der Waals surface area (Å²) in [4.78, 5) is 0. The molecule has 0 bridgehead atoms. The molecule has 0 heterocycles. The summed E-state index contributed by atoms with van der Waals surface area (Å²) in [5, 5.41) is 0. The second-order valence-electron chi connectivity index (χ2n) is 0.866. The van der Waals surface area contributed by atoms with Gasteiger partial charge in [-0.3, -0.25) is 0 Å². The van der Waals surface area contributed by atoms with Crippen LogP contribution in [0.4, 0.5) is 0 Å². The first-order valence-electron chi connectivity index (χ1n) is 1.72. The van der Waals surface area contributed by atoms with E-state index in [1.165, 1.54) is 0 Å². The van der Waals surface area contributed by atoms with E-state index >= 15 is 0 Å². The topological polar surface area (TPSA) is 0 Å². The second-order valence-corrected chi connectivity index (χ2v) is 1.31. The summed E-state index contributed by atoms with van der Waals surface area (Å²) >= 11 is 3.92. The highest BCUT2D eigenvalue weighted by molar-refractivity contribution is 7.80. The van der Waals surface area contributed by atoms with E-state index in [-0.39, 0.29) is 0 Å². The second kappa shape index (κ2) is 4.35. The van der Waals surface area contributed by atoms with Gasteiger partial charge in [-0.15, -0.1) is 0 Å². The van der Waals surface area contributed by atoms with Crippen molar-refractivity contribution in [1.82, 2.24) is 0 Å². The van der Waals surface area contributed by atoms with E-state index in [0.29, 0.717) is 0 Å². The lowest BCUT2D eigenvalue weighted by Crippen LogP contribution is -1.65. The summed E-state index contributed by atoms with van der Waals surface area (Å²) in [5.41, 5.74) is 0. The Morgan fingerprint density at radius 3 is 2.20 bits per heavy atom. The van der Waals surface area contributed by atoms with Gasteiger partial charge in [-0.2, -0.15) is 12.6 Å². The average molecular weight is 88.2 g/mol. The van der Waals surface area contributed by atoms with Gasteiger partial charge in [0, 0.05) is 0 Å². The summed E-state index contributed by atoms with van der Waals surface area (Å²) in [5.74, 6) is 0.913. The largest absolute Gasteiger partial charge is 0.179 e. The van der Waals surface area contributed by atoms with Crippen molar-refractivity contribution in [1.29, 1.82) is 0 Å². The molecule has 0 aliphatic heterocycles. The van der Waals surface area contributed by atoms with Crippen molar-refractivity contribution < 1.29 is 0 Å². The quantitative estimate of drug-likeness (QED) is 0.485. The van der Waals surface area contributed by atoms with Crippen LogP contribution in [-0.4, -0.2) is 5.75 Å². The molecular formula is C4H8S. The van der Waals surface area contributed by atoms with Crippen LogP contribution in [0, 0.1) is 6.92 Å². The third-order valence-corrected chi connectivity index (χ3v) is 0.678. The molecule has 0 saturated carbocycles. The Kier molecular flexibility index (Phi) is 4.65. The fraction of sp³-hybridized carbons (Fsp3) is 0.750. The van der Waals surface area contributed by atoms with Gasteiger partial charge >= 0.3 is 0 Å². The minimum atomic E-state index is 0.767. The molecular weight excluding hydrogens is 80.1 g/mol. The van der Waals surface area contributed by atoms with E-state index in [9.17, 15) is 0 Å². The van der Waals surface area contributed by atoms with Crippen molar-refractivity contribution in [2.24, 2.45) is 0 Å². The highest BCUT2D eigenvalue weighted by Crippen LogP contribution is 1.85. The molecule has 0 aliphatic carbocycles. The predicted molar refractivity (Wildman–Crippen MR) is 27.4 cm³/mol.